The molecular weight excluding hydrogens is 278 g/mol. The van der Waals surface area contributed by atoms with Gasteiger partial charge in [0.25, 0.3) is 0 Å². The van der Waals surface area contributed by atoms with Crippen LogP contribution in [0.4, 0.5) is 0 Å². The predicted octanol–water partition coefficient (Wildman–Crippen LogP) is 2.84. The van der Waals surface area contributed by atoms with E-state index >= 15 is 0 Å². The van der Waals surface area contributed by atoms with Gasteiger partial charge in [0.1, 0.15) is 0 Å². The molecule has 0 aliphatic carbocycles. The Morgan fingerprint density at radius 2 is 1.70 bits per heavy atom. The van der Waals surface area contributed by atoms with Crippen LogP contribution in [0.3, 0.4) is 0 Å². The first-order valence-electron chi connectivity index (χ1n) is 6.27. The lowest BCUT2D eigenvalue weighted by molar-refractivity contribution is 0.323. The third-order valence-corrected chi connectivity index (χ3v) is 3.07. The third kappa shape index (κ3) is 4.62. The topological polar surface area (TPSA) is 39.7 Å². The highest BCUT2D eigenvalue weighted by atomic mass is 35.5. The molecule has 4 nitrogen and oxygen atoms in total. The Morgan fingerprint density at radius 1 is 1.15 bits per heavy atom. The molecule has 1 aromatic carbocycles. The van der Waals surface area contributed by atoms with Crippen molar-refractivity contribution in [1.29, 1.82) is 0 Å². The monoisotopic (exact) mass is 301 g/mol. The highest BCUT2D eigenvalue weighted by molar-refractivity contribution is 5.85. The molecule has 0 saturated carbocycles. The summed E-state index contributed by atoms with van der Waals surface area (Å²) in [5.74, 6) is 1.99. The van der Waals surface area contributed by atoms with Crippen LogP contribution in [0.25, 0.3) is 0 Å². The smallest absolute Gasteiger partial charge is 0.203 e. The minimum absolute atomic E-state index is 0. The average Bonchev–Trinajstić information content (AvgIpc) is 2.45. The van der Waals surface area contributed by atoms with Gasteiger partial charge in [-0.2, -0.15) is 0 Å². The number of nitrogens with one attached hydrogen (secondary N) is 1. The lowest BCUT2D eigenvalue weighted by atomic mass is 10.0. The number of hydrogen-bond donors (Lipinski definition) is 1. The van der Waals surface area contributed by atoms with E-state index in [2.05, 4.69) is 11.9 Å². The highest BCUT2D eigenvalue weighted by Crippen LogP contribution is 2.38. The number of halogens is 1. The van der Waals surface area contributed by atoms with Crippen LogP contribution in [0.15, 0.2) is 24.8 Å². The standard InChI is InChI=1S/C15H23NO3.ClH/c1-6-7-12(16-2)8-11-9-13(17-3)15(19-5)14(10-11)18-4;/h6,9-10,12,16H,1,7-8H2,2-5H3;1H. The van der Waals surface area contributed by atoms with Gasteiger partial charge in [-0.25, -0.2) is 0 Å². The van der Waals surface area contributed by atoms with Gasteiger partial charge in [-0.1, -0.05) is 6.08 Å². The maximum atomic E-state index is 5.35. The first kappa shape index (κ1) is 18.6. The van der Waals surface area contributed by atoms with E-state index in [-0.39, 0.29) is 12.4 Å². The molecule has 1 rings (SSSR count). The summed E-state index contributed by atoms with van der Waals surface area (Å²) >= 11 is 0. The summed E-state index contributed by atoms with van der Waals surface area (Å²) in [5, 5.41) is 3.27. The third-order valence-electron chi connectivity index (χ3n) is 3.07. The number of ether oxygens (including phenoxy) is 3. The number of rotatable bonds is 8. The molecule has 1 N–H and O–H groups in total. The second-order valence-corrected chi connectivity index (χ2v) is 4.25. The molecule has 0 radical (unpaired) electrons. The van der Waals surface area contributed by atoms with Crippen LogP contribution in [0.2, 0.25) is 0 Å². The molecule has 114 valence electrons. The van der Waals surface area contributed by atoms with Gasteiger partial charge in [0.15, 0.2) is 11.5 Å². The van der Waals surface area contributed by atoms with E-state index in [9.17, 15) is 0 Å². The molecule has 0 fully saturated rings. The van der Waals surface area contributed by atoms with Crippen LogP contribution < -0.4 is 19.5 Å². The lowest BCUT2D eigenvalue weighted by Gasteiger charge is -2.17. The molecule has 5 heteroatoms. The second kappa shape index (κ2) is 9.50. The minimum atomic E-state index is 0. The van der Waals surface area contributed by atoms with Crippen LogP contribution in [-0.2, 0) is 6.42 Å². The van der Waals surface area contributed by atoms with Crippen molar-refractivity contribution in [2.75, 3.05) is 28.4 Å². The Hall–Kier alpha value is -1.39. The van der Waals surface area contributed by atoms with Gasteiger partial charge >= 0.3 is 0 Å². The molecule has 0 saturated heterocycles. The quantitative estimate of drug-likeness (QED) is 0.750. The first-order chi connectivity index (χ1) is 9.19. The molecule has 1 atom stereocenters. The van der Waals surface area contributed by atoms with Gasteiger partial charge in [0.2, 0.25) is 5.75 Å². The van der Waals surface area contributed by atoms with Crippen molar-refractivity contribution in [3.8, 4) is 17.2 Å². The number of methoxy groups -OCH3 is 3. The zero-order valence-electron chi connectivity index (χ0n) is 12.6. The summed E-state index contributed by atoms with van der Waals surface area (Å²) in [4.78, 5) is 0. The zero-order valence-corrected chi connectivity index (χ0v) is 13.4. The number of hydrogen-bond acceptors (Lipinski definition) is 4. The van der Waals surface area contributed by atoms with Crippen LogP contribution >= 0.6 is 12.4 Å². The Balaban J connectivity index is 0.00000361. The van der Waals surface area contributed by atoms with Gasteiger partial charge in [-0.3, -0.25) is 0 Å². The Bertz CT molecular complexity index is 399. The number of benzene rings is 1. The van der Waals surface area contributed by atoms with E-state index in [1.165, 1.54) is 0 Å². The summed E-state index contributed by atoms with van der Waals surface area (Å²) in [7, 11) is 6.81. The molecule has 0 aliphatic rings. The molecule has 0 heterocycles. The summed E-state index contributed by atoms with van der Waals surface area (Å²) in [6.07, 6.45) is 3.70. The SMILES string of the molecule is C=CCC(Cc1cc(OC)c(OC)c(OC)c1)NC.Cl. The lowest BCUT2D eigenvalue weighted by Crippen LogP contribution is -2.26. The summed E-state index contributed by atoms with van der Waals surface area (Å²) in [6.45, 7) is 3.78. The van der Waals surface area contributed by atoms with E-state index < -0.39 is 0 Å². The Kier molecular flexibility index (Phi) is 8.84. The summed E-state index contributed by atoms with van der Waals surface area (Å²) in [5.41, 5.74) is 1.13. The van der Waals surface area contributed by atoms with Crippen molar-refractivity contribution < 1.29 is 14.2 Å². The van der Waals surface area contributed by atoms with Gasteiger partial charge < -0.3 is 19.5 Å². The van der Waals surface area contributed by atoms with Crippen molar-refractivity contribution in [3.63, 3.8) is 0 Å². The first-order valence-corrected chi connectivity index (χ1v) is 6.27. The maximum absolute atomic E-state index is 5.35. The molecule has 1 aromatic rings. The van der Waals surface area contributed by atoms with E-state index in [1.54, 1.807) is 21.3 Å². The summed E-state index contributed by atoms with van der Waals surface area (Å²) in [6, 6.07) is 4.31. The van der Waals surface area contributed by atoms with E-state index in [4.69, 9.17) is 14.2 Å². The molecular formula is C15H24ClNO3. The Morgan fingerprint density at radius 3 is 2.05 bits per heavy atom. The fraction of sp³-hybridized carbons (Fsp3) is 0.467. The van der Waals surface area contributed by atoms with E-state index in [0.29, 0.717) is 23.3 Å². The largest absolute Gasteiger partial charge is 0.493 e. The van der Waals surface area contributed by atoms with Gasteiger partial charge in [0.05, 0.1) is 21.3 Å². The molecule has 0 bridgehead atoms. The van der Waals surface area contributed by atoms with Crippen LogP contribution in [0.1, 0.15) is 12.0 Å². The fourth-order valence-corrected chi connectivity index (χ4v) is 2.04. The fourth-order valence-electron chi connectivity index (χ4n) is 2.04. The zero-order chi connectivity index (χ0) is 14.3. The molecule has 0 amide bonds. The maximum Gasteiger partial charge on any atom is 0.203 e. The van der Waals surface area contributed by atoms with Gasteiger partial charge in [0, 0.05) is 6.04 Å². The summed E-state index contributed by atoms with van der Waals surface area (Å²) < 4.78 is 16.0. The van der Waals surface area contributed by atoms with Crippen molar-refractivity contribution in [1.82, 2.24) is 5.32 Å². The van der Waals surface area contributed by atoms with Gasteiger partial charge in [-0.05, 0) is 37.6 Å². The van der Waals surface area contributed by atoms with Crippen LogP contribution in [0, 0.1) is 0 Å². The predicted molar refractivity (Wildman–Crippen MR) is 84.7 cm³/mol. The van der Waals surface area contributed by atoms with E-state index in [0.717, 1.165) is 18.4 Å². The second-order valence-electron chi connectivity index (χ2n) is 4.25. The molecule has 0 aliphatic heterocycles. The molecule has 0 spiro atoms. The van der Waals surface area contributed by atoms with Crippen molar-refractivity contribution >= 4 is 12.4 Å². The van der Waals surface area contributed by atoms with Crippen LogP contribution in [-0.4, -0.2) is 34.4 Å². The van der Waals surface area contributed by atoms with Crippen molar-refractivity contribution in [2.24, 2.45) is 0 Å². The van der Waals surface area contributed by atoms with Crippen LogP contribution in [0.5, 0.6) is 17.2 Å². The molecule has 1 unspecified atom stereocenters. The van der Waals surface area contributed by atoms with Gasteiger partial charge in [-0.15, -0.1) is 19.0 Å². The highest BCUT2D eigenvalue weighted by Gasteiger charge is 2.15. The van der Waals surface area contributed by atoms with Crippen molar-refractivity contribution in [2.45, 2.75) is 18.9 Å². The minimum Gasteiger partial charge on any atom is -0.493 e. The van der Waals surface area contributed by atoms with Crippen molar-refractivity contribution in [3.05, 3.63) is 30.4 Å². The average molecular weight is 302 g/mol. The normalized spacial score (nSPS) is 11.2. The molecule has 20 heavy (non-hydrogen) atoms. The van der Waals surface area contributed by atoms with E-state index in [1.807, 2.05) is 25.3 Å². The number of likely N-dealkylation sites (N-methyl/N-ethyl adjacent to an activating group) is 1. The Labute approximate surface area is 127 Å². The molecule has 0 aromatic heterocycles.